The summed E-state index contributed by atoms with van der Waals surface area (Å²) in [6.45, 7) is 3.50. The van der Waals surface area contributed by atoms with E-state index in [0.29, 0.717) is 16.9 Å². The van der Waals surface area contributed by atoms with Crippen LogP contribution in [0.1, 0.15) is 29.8 Å². The lowest BCUT2D eigenvalue weighted by Crippen LogP contribution is -2.13. The largest absolute Gasteiger partial charge is 0.493 e. The molecule has 0 aliphatic rings. The second kappa shape index (κ2) is 11.7. The van der Waals surface area contributed by atoms with E-state index in [1.807, 2.05) is 0 Å². The second-order valence-electron chi connectivity index (χ2n) is 7.98. The SMILES string of the molecule is COc1cc(/C=C(/C#N)C(=O)Nc2nnc(S(=O)(=O)CC(C)C)s2)ccc1OC(=O)c1ccc(F)cc1. The van der Waals surface area contributed by atoms with Gasteiger partial charge in [-0.2, -0.15) is 5.26 Å². The molecule has 0 fully saturated rings. The van der Waals surface area contributed by atoms with Crippen molar-refractivity contribution in [1.29, 1.82) is 5.26 Å². The zero-order valence-corrected chi connectivity index (χ0v) is 21.5. The van der Waals surface area contributed by atoms with Gasteiger partial charge in [0, 0.05) is 0 Å². The zero-order chi connectivity index (χ0) is 27.2. The van der Waals surface area contributed by atoms with Crippen molar-refractivity contribution in [2.24, 2.45) is 5.92 Å². The van der Waals surface area contributed by atoms with Gasteiger partial charge in [0.25, 0.3) is 5.91 Å². The van der Waals surface area contributed by atoms with Crippen molar-refractivity contribution in [3.8, 4) is 17.6 Å². The number of carbonyl (C=O) groups excluding carboxylic acids is 2. The monoisotopic (exact) mass is 544 g/mol. The van der Waals surface area contributed by atoms with Gasteiger partial charge >= 0.3 is 5.97 Å². The van der Waals surface area contributed by atoms with Crippen molar-refractivity contribution < 1.29 is 31.9 Å². The number of halogens is 1. The van der Waals surface area contributed by atoms with Gasteiger partial charge in [-0.25, -0.2) is 17.6 Å². The minimum absolute atomic E-state index is 0.0703. The molecule has 1 aromatic heterocycles. The number of anilines is 1. The number of amides is 1. The Balaban J connectivity index is 1.76. The van der Waals surface area contributed by atoms with Crippen LogP contribution in [0.15, 0.2) is 52.4 Å². The summed E-state index contributed by atoms with van der Waals surface area (Å²) >= 11 is 0.689. The van der Waals surface area contributed by atoms with E-state index in [9.17, 15) is 27.7 Å². The Morgan fingerprint density at radius 1 is 1.16 bits per heavy atom. The van der Waals surface area contributed by atoms with Crippen LogP contribution in [0.25, 0.3) is 6.08 Å². The Bertz CT molecular complexity index is 1490. The smallest absolute Gasteiger partial charge is 0.343 e. The van der Waals surface area contributed by atoms with Gasteiger partial charge < -0.3 is 9.47 Å². The molecular formula is C24H21FN4O6S2. The van der Waals surface area contributed by atoms with Crippen molar-refractivity contribution in [2.45, 2.75) is 18.2 Å². The van der Waals surface area contributed by atoms with Crippen LogP contribution in [0.4, 0.5) is 9.52 Å². The fourth-order valence-electron chi connectivity index (χ4n) is 2.98. The van der Waals surface area contributed by atoms with E-state index < -0.39 is 27.5 Å². The zero-order valence-electron chi connectivity index (χ0n) is 19.9. The van der Waals surface area contributed by atoms with Crippen LogP contribution in [0.5, 0.6) is 11.5 Å². The number of nitriles is 1. The first-order valence-electron chi connectivity index (χ1n) is 10.7. The predicted octanol–water partition coefficient (Wildman–Crippen LogP) is 3.88. The van der Waals surface area contributed by atoms with Crippen LogP contribution in [0, 0.1) is 23.1 Å². The molecule has 192 valence electrons. The van der Waals surface area contributed by atoms with E-state index in [2.05, 4.69) is 15.5 Å². The molecule has 1 amide bonds. The molecule has 0 radical (unpaired) electrons. The Hall–Kier alpha value is -4.15. The molecule has 13 heteroatoms. The van der Waals surface area contributed by atoms with E-state index in [1.165, 1.54) is 43.5 Å². The van der Waals surface area contributed by atoms with E-state index >= 15 is 0 Å². The van der Waals surface area contributed by atoms with Gasteiger partial charge in [0.15, 0.2) is 11.5 Å². The van der Waals surface area contributed by atoms with Gasteiger partial charge in [0.1, 0.15) is 17.5 Å². The highest BCUT2D eigenvalue weighted by atomic mass is 32.2. The van der Waals surface area contributed by atoms with Crippen LogP contribution in [0.2, 0.25) is 0 Å². The Morgan fingerprint density at radius 3 is 2.49 bits per heavy atom. The number of nitrogens with one attached hydrogen (secondary N) is 1. The molecular weight excluding hydrogens is 523 g/mol. The summed E-state index contributed by atoms with van der Waals surface area (Å²) < 4.78 is 48.0. The van der Waals surface area contributed by atoms with Gasteiger partial charge in [-0.15, -0.1) is 10.2 Å². The number of methoxy groups -OCH3 is 1. The lowest BCUT2D eigenvalue weighted by atomic mass is 10.1. The summed E-state index contributed by atoms with van der Waals surface area (Å²) in [5.74, 6) is -2.06. The molecule has 0 bridgehead atoms. The first kappa shape index (κ1) is 27.4. The van der Waals surface area contributed by atoms with Crippen molar-refractivity contribution in [3.05, 3.63) is 65.0 Å². The molecule has 0 atom stereocenters. The number of hydrogen-bond acceptors (Lipinski definition) is 10. The van der Waals surface area contributed by atoms with Gasteiger partial charge in [-0.05, 0) is 54.0 Å². The van der Waals surface area contributed by atoms with E-state index in [4.69, 9.17) is 9.47 Å². The van der Waals surface area contributed by atoms with Crippen molar-refractivity contribution in [3.63, 3.8) is 0 Å². The third-order valence-electron chi connectivity index (χ3n) is 4.59. The maximum absolute atomic E-state index is 13.1. The topological polar surface area (TPSA) is 148 Å². The van der Waals surface area contributed by atoms with Gasteiger partial charge in [-0.3, -0.25) is 10.1 Å². The minimum atomic E-state index is -3.64. The number of hydrogen-bond donors (Lipinski definition) is 1. The Kier molecular flexibility index (Phi) is 8.69. The molecule has 3 aromatic rings. The number of aromatic nitrogens is 2. The van der Waals surface area contributed by atoms with E-state index in [-0.39, 0.29) is 43.8 Å². The quantitative estimate of drug-likeness (QED) is 0.139. The summed E-state index contributed by atoms with van der Waals surface area (Å²) in [6, 6.07) is 10.9. The average molecular weight is 545 g/mol. The van der Waals surface area contributed by atoms with E-state index in [1.54, 1.807) is 19.9 Å². The fraction of sp³-hybridized carbons (Fsp3) is 0.208. The number of rotatable bonds is 9. The number of esters is 1. The Labute approximate surface area is 216 Å². The molecule has 37 heavy (non-hydrogen) atoms. The molecule has 1 heterocycles. The summed E-state index contributed by atoms with van der Waals surface area (Å²) in [5.41, 5.74) is 0.204. The molecule has 0 saturated heterocycles. The third-order valence-corrected chi connectivity index (χ3v) is 7.96. The first-order chi connectivity index (χ1) is 17.5. The lowest BCUT2D eigenvalue weighted by Gasteiger charge is -2.10. The van der Waals surface area contributed by atoms with Crippen LogP contribution in [0.3, 0.4) is 0 Å². The normalized spacial score (nSPS) is 11.6. The van der Waals surface area contributed by atoms with Gasteiger partial charge in [-0.1, -0.05) is 31.3 Å². The number of carbonyl (C=O) groups is 2. The van der Waals surface area contributed by atoms with Crippen molar-refractivity contribution in [1.82, 2.24) is 10.2 Å². The van der Waals surface area contributed by atoms with Gasteiger partial charge in [0.2, 0.25) is 19.3 Å². The molecule has 10 nitrogen and oxygen atoms in total. The lowest BCUT2D eigenvalue weighted by molar-refractivity contribution is -0.112. The molecule has 0 aliphatic carbocycles. The standard InChI is InChI=1S/C24H21FN4O6S2/c1-14(2)13-37(32,33)24-29-28-23(36-24)27-21(30)17(12-26)10-15-4-9-19(20(11-15)34-3)35-22(31)16-5-7-18(25)8-6-16/h4-11,14H,13H2,1-3H3,(H,27,28,30)/b17-10-. The number of benzene rings is 2. The summed E-state index contributed by atoms with van der Waals surface area (Å²) in [4.78, 5) is 24.9. The van der Waals surface area contributed by atoms with Crippen LogP contribution < -0.4 is 14.8 Å². The molecule has 3 rings (SSSR count). The number of sulfone groups is 1. The highest BCUT2D eigenvalue weighted by Gasteiger charge is 2.23. The second-order valence-corrected chi connectivity index (χ2v) is 11.2. The third kappa shape index (κ3) is 7.18. The summed E-state index contributed by atoms with van der Waals surface area (Å²) in [6.07, 6.45) is 1.26. The van der Waals surface area contributed by atoms with Crippen LogP contribution in [-0.2, 0) is 14.6 Å². The molecule has 2 aromatic carbocycles. The fourth-order valence-corrected chi connectivity index (χ4v) is 5.59. The molecule has 0 unspecified atom stereocenters. The maximum Gasteiger partial charge on any atom is 0.343 e. The van der Waals surface area contributed by atoms with Crippen LogP contribution >= 0.6 is 11.3 Å². The van der Waals surface area contributed by atoms with Crippen molar-refractivity contribution >= 4 is 44.3 Å². The first-order valence-corrected chi connectivity index (χ1v) is 13.1. The average Bonchev–Trinajstić information content (AvgIpc) is 3.32. The summed E-state index contributed by atoms with van der Waals surface area (Å²) in [7, 11) is -2.30. The van der Waals surface area contributed by atoms with E-state index in [0.717, 1.165) is 12.1 Å². The molecule has 0 spiro atoms. The molecule has 0 aliphatic heterocycles. The minimum Gasteiger partial charge on any atom is -0.493 e. The molecule has 0 saturated carbocycles. The highest BCUT2D eigenvalue weighted by molar-refractivity contribution is 7.93. The molecule has 1 N–H and O–H groups in total. The Morgan fingerprint density at radius 2 is 1.86 bits per heavy atom. The van der Waals surface area contributed by atoms with Gasteiger partial charge in [0.05, 0.1) is 18.4 Å². The van der Waals surface area contributed by atoms with Crippen molar-refractivity contribution in [2.75, 3.05) is 18.2 Å². The maximum atomic E-state index is 13.1. The van der Waals surface area contributed by atoms with Crippen LogP contribution in [-0.4, -0.2) is 43.4 Å². The highest BCUT2D eigenvalue weighted by Crippen LogP contribution is 2.30. The predicted molar refractivity (Wildman–Crippen MR) is 133 cm³/mol. The number of nitrogens with zero attached hydrogens (tertiary/aromatic N) is 3. The summed E-state index contributed by atoms with van der Waals surface area (Å²) in [5, 5.41) is 19.1. The number of ether oxygens (including phenoxy) is 2.